The number of hydrogen-bond acceptors (Lipinski definition) is 3. The van der Waals surface area contributed by atoms with E-state index in [0.29, 0.717) is 6.42 Å². The fourth-order valence-electron chi connectivity index (χ4n) is 3.13. The van der Waals surface area contributed by atoms with Gasteiger partial charge in [-0.2, -0.15) is 0 Å². The van der Waals surface area contributed by atoms with Crippen molar-refractivity contribution in [1.82, 2.24) is 0 Å². The number of aryl methyl sites for hydroxylation is 1. The van der Waals surface area contributed by atoms with Gasteiger partial charge in [0.05, 0.1) is 0 Å². The quantitative estimate of drug-likeness (QED) is 0.895. The van der Waals surface area contributed by atoms with Crippen molar-refractivity contribution in [3.63, 3.8) is 0 Å². The molecule has 0 saturated heterocycles. The second-order valence-electron chi connectivity index (χ2n) is 6.54. The molecule has 1 aromatic rings. The van der Waals surface area contributed by atoms with Gasteiger partial charge in [-0.25, -0.2) is 0 Å². The highest BCUT2D eigenvalue weighted by molar-refractivity contribution is 5.92. The predicted octanol–water partition coefficient (Wildman–Crippen LogP) is 3.05. The number of nitrogens with two attached hydrogens (primary N) is 1. The molecule has 0 atom stereocenters. The SMILES string of the molecule is Cc1ccc(NC(=O)CC2(N)CCCCC2)cc1N(C)C. The molecule has 1 amide bonds. The summed E-state index contributed by atoms with van der Waals surface area (Å²) in [6, 6.07) is 5.99. The molecule has 1 aliphatic carbocycles. The van der Waals surface area contributed by atoms with Crippen molar-refractivity contribution >= 4 is 17.3 Å². The molecule has 116 valence electrons. The molecule has 0 aromatic heterocycles. The number of benzene rings is 1. The fraction of sp³-hybridized carbons (Fsp3) is 0.588. The molecule has 4 heteroatoms. The summed E-state index contributed by atoms with van der Waals surface area (Å²) < 4.78 is 0. The fourth-order valence-corrected chi connectivity index (χ4v) is 3.13. The third-order valence-corrected chi connectivity index (χ3v) is 4.34. The van der Waals surface area contributed by atoms with E-state index in [9.17, 15) is 4.79 Å². The maximum absolute atomic E-state index is 12.2. The Morgan fingerprint density at radius 3 is 2.57 bits per heavy atom. The van der Waals surface area contributed by atoms with Crippen LogP contribution >= 0.6 is 0 Å². The van der Waals surface area contributed by atoms with E-state index in [0.717, 1.165) is 37.1 Å². The number of amides is 1. The molecular weight excluding hydrogens is 262 g/mol. The average molecular weight is 289 g/mol. The minimum atomic E-state index is -0.308. The van der Waals surface area contributed by atoms with Crippen molar-refractivity contribution < 1.29 is 4.79 Å². The Hall–Kier alpha value is -1.55. The van der Waals surface area contributed by atoms with E-state index in [1.807, 2.05) is 32.3 Å². The largest absolute Gasteiger partial charge is 0.377 e. The number of carbonyl (C=O) groups is 1. The zero-order chi connectivity index (χ0) is 15.5. The molecule has 0 spiro atoms. The van der Waals surface area contributed by atoms with Crippen molar-refractivity contribution in [3.05, 3.63) is 23.8 Å². The number of nitrogens with one attached hydrogen (secondary N) is 1. The topological polar surface area (TPSA) is 58.4 Å². The van der Waals surface area contributed by atoms with Gasteiger partial charge in [-0.15, -0.1) is 0 Å². The van der Waals surface area contributed by atoms with Gasteiger partial charge < -0.3 is 16.0 Å². The van der Waals surface area contributed by atoms with Gasteiger partial charge in [-0.3, -0.25) is 4.79 Å². The van der Waals surface area contributed by atoms with Gasteiger partial charge in [-0.05, 0) is 37.5 Å². The van der Waals surface area contributed by atoms with Crippen LogP contribution in [0.2, 0.25) is 0 Å². The predicted molar refractivity (Wildman–Crippen MR) is 88.8 cm³/mol. The van der Waals surface area contributed by atoms with Crippen molar-refractivity contribution in [2.24, 2.45) is 5.73 Å². The lowest BCUT2D eigenvalue weighted by Gasteiger charge is -2.32. The first-order chi connectivity index (χ1) is 9.89. The molecule has 4 nitrogen and oxygen atoms in total. The summed E-state index contributed by atoms with van der Waals surface area (Å²) in [4.78, 5) is 14.3. The molecule has 2 rings (SSSR count). The highest BCUT2D eigenvalue weighted by Crippen LogP contribution is 2.29. The van der Waals surface area contributed by atoms with Crippen molar-refractivity contribution in [2.45, 2.75) is 51.0 Å². The standard InChI is InChI=1S/C17H27N3O/c1-13-7-8-14(11-15(13)20(2)3)19-16(21)12-17(18)9-5-4-6-10-17/h7-8,11H,4-6,9-10,12,18H2,1-3H3,(H,19,21). The first-order valence-corrected chi connectivity index (χ1v) is 7.76. The van der Waals surface area contributed by atoms with E-state index in [1.165, 1.54) is 12.0 Å². The van der Waals surface area contributed by atoms with E-state index in [2.05, 4.69) is 17.1 Å². The maximum Gasteiger partial charge on any atom is 0.226 e. The zero-order valence-electron chi connectivity index (χ0n) is 13.4. The van der Waals surface area contributed by atoms with E-state index in [1.54, 1.807) is 0 Å². The van der Waals surface area contributed by atoms with Crippen LogP contribution in [-0.2, 0) is 4.79 Å². The second-order valence-corrected chi connectivity index (χ2v) is 6.54. The summed E-state index contributed by atoms with van der Waals surface area (Å²) in [5.74, 6) is 0.0213. The van der Waals surface area contributed by atoms with Crippen LogP contribution in [0.3, 0.4) is 0 Å². The van der Waals surface area contributed by atoms with Crippen LogP contribution in [0.4, 0.5) is 11.4 Å². The van der Waals surface area contributed by atoms with Crippen LogP contribution in [-0.4, -0.2) is 25.5 Å². The molecule has 1 saturated carbocycles. The summed E-state index contributed by atoms with van der Waals surface area (Å²) in [5, 5.41) is 2.99. The molecule has 0 unspecified atom stereocenters. The summed E-state index contributed by atoms with van der Waals surface area (Å²) in [6.07, 6.45) is 5.84. The smallest absolute Gasteiger partial charge is 0.226 e. The lowest BCUT2D eigenvalue weighted by molar-refractivity contribution is -0.117. The molecule has 1 aromatic carbocycles. The Morgan fingerprint density at radius 1 is 1.29 bits per heavy atom. The lowest BCUT2D eigenvalue weighted by atomic mass is 9.80. The normalized spacial score (nSPS) is 17.3. The Kier molecular flexibility index (Phi) is 4.88. The number of carbonyl (C=O) groups excluding carboxylic acids is 1. The van der Waals surface area contributed by atoms with Crippen LogP contribution in [0, 0.1) is 6.92 Å². The molecule has 0 aliphatic heterocycles. The van der Waals surface area contributed by atoms with Crippen LogP contribution in [0.1, 0.15) is 44.1 Å². The van der Waals surface area contributed by atoms with Crippen molar-refractivity contribution in [3.8, 4) is 0 Å². The Balaban J connectivity index is 2.01. The molecule has 0 heterocycles. The molecule has 0 bridgehead atoms. The third-order valence-electron chi connectivity index (χ3n) is 4.34. The van der Waals surface area contributed by atoms with Crippen LogP contribution in [0.25, 0.3) is 0 Å². The van der Waals surface area contributed by atoms with Gasteiger partial charge in [-0.1, -0.05) is 25.3 Å². The number of anilines is 2. The molecular formula is C17H27N3O. The first-order valence-electron chi connectivity index (χ1n) is 7.76. The minimum absolute atomic E-state index is 0.0213. The van der Waals surface area contributed by atoms with Crippen LogP contribution in [0.5, 0.6) is 0 Å². The van der Waals surface area contributed by atoms with E-state index < -0.39 is 0 Å². The van der Waals surface area contributed by atoms with Crippen LogP contribution in [0.15, 0.2) is 18.2 Å². The van der Waals surface area contributed by atoms with E-state index >= 15 is 0 Å². The lowest BCUT2D eigenvalue weighted by Crippen LogP contribution is -2.44. The summed E-state index contributed by atoms with van der Waals surface area (Å²) in [5.41, 5.74) is 9.19. The Labute approximate surface area is 127 Å². The highest BCUT2D eigenvalue weighted by atomic mass is 16.1. The van der Waals surface area contributed by atoms with Gasteiger partial charge in [0, 0.05) is 37.4 Å². The van der Waals surface area contributed by atoms with Gasteiger partial charge in [0.25, 0.3) is 0 Å². The van der Waals surface area contributed by atoms with Crippen molar-refractivity contribution in [2.75, 3.05) is 24.3 Å². The molecule has 1 aliphatic rings. The van der Waals surface area contributed by atoms with Gasteiger partial charge in [0.2, 0.25) is 5.91 Å². The molecule has 1 fully saturated rings. The first kappa shape index (κ1) is 15.8. The number of hydrogen-bond donors (Lipinski definition) is 2. The van der Waals surface area contributed by atoms with Gasteiger partial charge in [0.15, 0.2) is 0 Å². The summed E-state index contributed by atoms with van der Waals surface area (Å²) in [6.45, 7) is 2.07. The highest BCUT2D eigenvalue weighted by Gasteiger charge is 2.29. The van der Waals surface area contributed by atoms with E-state index in [4.69, 9.17) is 5.73 Å². The van der Waals surface area contributed by atoms with Crippen LogP contribution < -0.4 is 16.0 Å². The maximum atomic E-state index is 12.2. The summed E-state index contributed by atoms with van der Waals surface area (Å²) >= 11 is 0. The second kappa shape index (κ2) is 6.48. The molecule has 0 radical (unpaired) electrons. The minimum Gasteiger partial charge on any atom is -0.377 e. The number of rotatable bonds is 4. The Morgan fingerprint density at radius 2 is 1.95 bits per heavy atom. The van der Waals surface area contributed by atoms with Crippen molar-refractivity contribution in [1.29, 1.82) is 0 Å². The molecule has 21 heavy (non-hydrogen) atoms. The number of nitrogens with zero attached hydrogens (tertiary/aromatic N) is 1. The third kappa shape index (κ3) is 4.21. The average Bonchev–Trinajstić information content (AvgIpc) is 2.40. The zero-order valence-corrected chi connectivity index (χ0v) is 13.4. The molecule has 3 N–H and O–H groups in total. The van der Waals surface area contributed by atoms with E-state index in [-0.39, 0.29) is 11.4 Å². The van der Waals surface area contributed by atoms with Gasteiger partial charge in [0.1, 0.15) is 0 Å². The summed E-state index contributed by atoms with van der Waals surface area (Å²) in [7, 11) is 4.01. The monoisotopic (exact) mass is 289 g/mol. The Bertz CT molecular complexity index is 505. The van der Waals surface area contributed by atoms with Gasteiger partial charge >= 0.3 is 0 Å².